The van der Waals surface area contributed by atoms with Crippen LogP contribution in [0.4, 0.5) is 0 Å². The van der Waals surface area contributed by atoms with Crippen LogP contribution >= 0.6 is 0 Å². The molecule has 1 aliphatic rings. The lowest BCUT2D eigenvalue weighted by Crippen LogP contribution is -2.30. The van der Waals surface area contributed by atoms with Crippen molar-refractivity contribution in [2.75, 3.05) is 19.8 Å². The molecule has 0 aromatic carbocycles. The molecule has 0 aromatic heterocycles. The van der Waals surface area contributed by atoms with Gasteiger partial charge in [0.1, 0.15) is 0 Å². The lowest BCUT2D eigenvalue weighted by Gasteiger charge is -2.12. The second-order valence-electron chi connectivity index (χ2n) is 4.75. The Morgan fingerprint density at radius 2 is 2.27 bits per heavy atom. The molecule has 0 radical (unpaired) electrons. The number of nitrogens with one attached hydrogen (secondary N) is 1. The van der Waals surface area contributed by atoms with Crippen molar-refractivity contribution in [3.8, 4) is 0 Å². The summed E-state index contributed by atoms with van der Waals surface area (Å²) in [5.41, 5.74) is 1.10. The summed E-state index contributed by atoms with van der Waals surface area (Å²) in [7, 11) is 0. The normalized spacial score (nSPS) is 25.7. The van der Waals surface area contributed by atoms with Crippen molar-refractivity contribution in [1.29, 1.82) is 0 Å². The van der Waals surface area contributed by atoms with Crippen LogP contribution in [0, 0.1) is 5.92 Å². The number of rotatable bonds is 7. The van der Waals surface area contributed by atoms with Crippen LogP contribution in [0.3, 0.4) is 0 Å². The molecule has 0 aliphatic heterocycles. The van der Waals surface area contributed by atoms with Crippen molar-refractivity contribution < 1.29 is 4.74 Å². The van der Waals surface area contributed by atoms with E-state index in [-0.39, 0.29) is 0 Å². The maximum atomic E-state index is 5.45. The number of hydrogen-bond acceptors (Lipinski definition) is 2. The van der Waals surface area contributed by atoms with Crippen LogP contribution in [0.5, 0.6) is 0 Å². The van der Waals surface area contributed by atoms with Crippen molar-refractivity contribution in [1.82, 2.24) is 5.32 Å². The number of ether oxygens (including phenoxy) is 1. The average molecular weight is 211 g/mol. The molecule has 2 nitrogen and oxygen atoms in total. The maximum Gasteiger partial charge on any atom is 0.0672 e. The maximum absolute atomic E-state index is 5.45. The van der Waals surface area contributed by atoms with Gasteiger partial charge in [0, 0.05) is 12.6 Å². The summed E-state index contributed by atoms with van der Waals surface area (Å²) in [5, 5.41) is 3.56. The van der Waals surface area contributed by atoms with Gasteiger partial charge in [-0.25, -0.2) is 0 Å². The van der Waals surface area contributed by atoms with Gasteiger partial charge in [0.25, 0.3) is 0 Å². The third-order valence-corrected chi connectivity index (χ3v) is 3.15. The van der Waals surface area contributed by atoms with Crippen LogP contribution in [-0.4, -0.2) is 25.8 Å². The lowest BCUT2D eigenvalue weighted by atomic mass is 10.1. The molecule has 1 aliphatic carbocycles. The van der Waals surface area contributed by atoms with Crippen LogP contribution in [0.25, 0.3) is 0 Å². The minimum atomic E-state index is 0.698. The molecule has 2 heteroatoms. The van der Waals surface area contributed by atoms with E-state index in [1.165, 1.54) is 25.7 Å². The van der Waals surface area contributed by atoms with Crippen LogP contribution in [0.15, 0.2) is 12.2 Å². The third kappa shape index (κ3) is 5.33. The Bertz CT molecular complexity index is 191. The standard InChI is InChI=1S/C13H25NO/c1-4-12-5-6-13(9-12)14-7-8-15-10-11(2)3/h12-14H,2,4-10H2,1,3H3. The molecule has 2 unspecified atom stereocenters. The molecule has 15 heavy (non-hydrogen) atoms. The minimum absolute atomic E-state index is 0.698. The molecule has 0 heterocycles. The van der Waals surface area contributed by atoms with Gasteiger partial charge in [0.15, 0.2) is 0 Å². The van der Waals surface area contributed by atoms with E-state index in [1.807, 2.05) is 6.92 Å². The molecule has 1 fully saturated rings. The Labute approximate surface area is 94.1 Å². The summed E-state index contributed by atoms with van der Waals surface area (Å²) in [5.74, 6) is 0.957. The fourth-order valence-corrected chi connectivity index (χ4v) is 2.21. The lowest BCUT2D eigenvalue weighted by molar-refractivity contribution is 0.155. The Kier molecular flexibility index (Phi) is 5.96. The summed E-state index contributed by atoms with van der Waals surface area (Å²) in [6.45, 7) is 10.6. The molecule has 0 amide bonds. The summed E-state index contributed by atoms with van der Waals surface area (Å²) >= 11 is 0. The van der Waals surface area contributed by atoms with Gasteiger partial charge in [-0.3, -0.25) is 0 Å². The van der Waals surface area contributed by atoms with Gasteiger partial charge >= 0.3 is 0 Å². The predicted octanol–water partition coefficient (Wildman–Crippen LogP) is 2.75. The highest BCUT2D eigenvalue weighted by Crippen LogP contribution is 2.27. The third-order valence-electron chi connectivity index (χ3n) is 3.15. The second-order valence-corrected chi connectivity index (χ2v) is 4.75. The Morgan fingerprint density at radius 3 is 2.87 bits per heavy atom. The molecule has 88 valence electrons. The fraction of sp³-hybridized carbons (Fsp3) is 0.846. The van der Waals surface area contributed by atoms with Crippen molar-refractivity contribution >= 4 is 0 Å². The molecule has 0 bridgehead atoms. The van der Waals surface area contributed by atoms with Gasteiger partial charge in [0.2, 0.25) is 0 Å². The van der Waals surface area contributed by atoms with E-state index in [1.54, 1.807) is 0 Å². The van der Waals surface area contributed by atoms with Gasteiger partial charge in [-0.05, 0) is 32.1 Å². The SMILES string of the molecule is C=C(C)COCCNC1CCC(CC)C1. The fourth-order valence-electron chi connectivity index (χ4n) is 2.21. The van der Waals surface area contributed by atoms with Crippen LogP contribution in [-0.2, 0) is 4.74 Å². The van der Waals surface area contributed by atoms with Crippen LogP contribution < -0.4 is 5.32 Å². The topological polar surface area (TPSA) is 21.3 Å². The summed E-state index contributed by atoms with van der Waals surface area (Å²) in [6, 6.07) is 0.739. The first-order chi connectivity index (χ1) is 7.22. The summed E-state index contributed by atoms with van der Waals surface area (Å²) < 4.78 is 5.45. The quantitative estimate of drug-likeness (QED) is 0.516. The first kappa shape index (κ1) is 12.7. The molecule has 2 atom stereocenters. The molecular formula is C13H25NO. The Hall–Kier alpha value is -0.340. The van der Waals surface area contributed by atoms with Crippen molar-refractivity contribution in [2.24, 2.45) is 5.92 Å². The smallest absolute Gasteiger partial charge is 0.0672 e. The van der Waals surface area contributed by atoms with Gasteiger partial charge in [-0.1, -0.05) is 25.5 Å². The zero-order valence-electron chi connectivity index (χ0n) is 10.2. The molecule has 0 saturated heterocycles. The summed E-state index contributed by atoms with van der Waals surface area (Å²) in [4.78, 5) is 0. The molecule has 1 N–H and O–H groups in total. The van der Waals surface area contributed by atoms with E-state index in [2.05, 4.69) is 18.8 Å². The van der Waals surface area contributed by atoms with Crippen molar-refractivity contribution in [3.05, 3.63) is 12.2 Å². The highest BCUT2D eigenvalue weighted by Gasteiger charge is 2.22. The van der Waals surface area contributed by atoms with E-state index < -0.39 is 0 Å². The highest BCUT2D eigenvalue weighted by molar-refractivity contribution is 4.87. The van der Waals surface area contributed by atoms with Gasteiger partial charge in [0.05, 0.1) is 13.2 Å². The van der Waals surface area contributed by atoms with Crippen LogP contribution in [0.1, 0.15) is 39.5 Å². The zero-order chi connectivity index (χ0) is 11.1. The second kappa shape index (κ2) is 7.02. The molecule has 1 saturated carbocycles. The zero-order valence-corrected chi connectivity index (χ0v) is 10.2. The summed E-state index contributed by atoms with van der Waals surface area (Å²) in [6.07, 6.45) is 5.45. The first-order valence-electron chi connectivity index (χ1n) is 6.18. The van der Waals surface area contributed by atoms with Crippen molar-refractivity contribution in [2.45, 2.75) is 45.6 Å². The van der Waals surface area contributed by atoms with Gasteiger partial charge in [-0.2, -0.15) is 0 Å². The van der Waals surface area contributed by atoms with Crippen LogP contribution in [0.2, 0.25) is 0 Å². The monoisotopic (exact) mass is 211 g/mol. The molecular weight excluding hydrogens is 186 g/mol. The molecule has 0 spiro atoms. The Morgan fingerprint density at radius 1 is 1.47 bits per heavy atom. The highest BCUT2D eigenvalue weighted by atomic mass is 16.5. The minimum Gasteiger partial charge on any atom is -0.376 e. The predicted molar refractivity (Wildman–Crippen MR) is 65.1 cm³/mol. The van der Waals surface area contributed by atoms with E-state index in [0.29, 0.717) is 6.61 Å². The van der Waals surface area contributed by atoms with Crippen molar-refractivity contribution in [3.63, 3.8) is 0 Å². The molecule has 0 aromatic rings. The van der Waals surface area contributed by atoms with Gasteiger partial charge < -0.3 is 10.1 Å². The van der Waals surface area contributed by atoms with E-state index in [9.17, 15) is 0 Å². The van der Waals surface area contributed by atoms with E-state index in [0.717, 1.165) is 30.7 Å². The largest absolute Gasteiger partial charge is 0.376 e. The number of hydrogen-bond donors (Lipinski definition) is 1. The van der Waals surface area contributed by atoms with E-state index >= 15 is 0 Å². The Balaban J connectivity index is 1.94. The van der Waals surface area contributed by atoms with Gasteiger partial charge in [-0.15, -0.1) is 0 Å². The first-order valence-corrected chi connectivity index (χ1v) is 6.18. The molecule has 1 rings (SSSR count). The average Bonchev–Trinajstić information content (AvgIpc) is 2.65. The van der Waals surface area contributed by atoms with E-state index in [4.69, 9.17) is 4.74 Å².